The van der Waals surface area contributed by atoms with Crippen molar-refractivity contribution in [2.24, 2.45) is 0 Å². The van der Waals surface area contributed by atoms with E-state index in [0.717, 1.165) is 5.56 Å². The first-order chi connectivity index (χ1) is 10.0. The number of aliphatic hydroxyl groups excluding tert-OH is 1. The van der Waals surface area contributed by atoms with Crippen LogP contribution in [0.1, 0.15) is 5.56 Å². The molecule has 0 spiro atoms. The van der Waals surface area contributed by atoms with E-state index in [1.807, 2.05) is 30.3 Å². The Bertz CT molecular complexity index is 690. The fourth-order valence-electron chi connectivity index (χ4n) is 1.92. The van der Waals surface area contributed by atoms with Crippen LogP contribution >= 0.6 is 0 Å². The summed E-state index contributed by atoms with van der Waals surface area (Å²) in [5.41, 5.74) is 6.38. The number of aliphatic hydroxyl groups is 1. The molecule has 7 heteroatoms. The summed E-state index contributed by atoms with van der Waals surface area (Å²) < 4.78 is 26.4. The Labute approximate surface area is 123 Å². The van der Waals surface area contributed by atoms with E-state index in [-0.39, 0.29) is 30.4 Å². The Hall–Kier alpha value is -1.96. The van der Waals surface area contributed by atoms with Crippen LogP contribution in [-0.4, -0.2) is 36.0 Å². The fourth-order valence-corrected chi connectivity index (χ4v) is 3.36. The van der Waals surface area contributed by atoms with Gasteiger partial charge in [-0.15, -0.1) is 0 Å². The molecule has 0 amide bonds. The van der Waals surface area contributed by atoms with Crippen LogP contribution in [0.5, 0.6) is 0 Å². The Balaban J connectivity index is 2.32. The lowest BCUT2D eigenvalue weighted by Gasteiger charge is -2.21. The number of nitrogens with two attached hydrogens (primary N) is 1. The van der Waals surface area contributed by atoms with Gasteiger partial charge in [0.25, 0.3) is 0 Å². The van der Waals surface area contributed by atoms with Gasteiger partial charge in [-0.3, -0.25) is 0 Å². The Morgan fingerprint density at radius 3 is 2.52 bits per heavy atom. The van der Waals surface area contributed by atoms with E-state index in [9.17, 15) is 8.42 Å². The van der Waals surface area contributed by atoms with Gasteiger partial charge in [0, 0.05) is 25.4 Å². The van der Waals surface area contributed by atoms with E-state index in [2.05, 4.69) is 4.98 Å². The maximum atomic E-state index is 12.6. The second-order valence-electron chi connectivity index (χ2n) is 4.46. The van der Waals surface area contributed by atoms with Crippen molar-refractivity contribution >= 4 is 15.8 Å². The summed E-state index contributed by atoms with van der Waals surface area (Å²) in [6.07, 6.45) is 1.35. The summed E-state index contributed by atoms with van der Waals surface area (Å²) in [6.45, 7) is -0.0575. The number of nitrogens with zero attached hydrogens (tertiary/aromatic N) is 2. The zero-order chi connectivity index (χ0) is 15.3. The molecule has 21 heavy (non-hydrogen) atoms. The van der Waals surface area contributed by atoms with Crippen LogP contribution in [-0.2, 0) is 16.6 Å². The molecule has 0 aliphatic heterocycles. The monoisotopic (exact) mass is 307 g/mol. The van der Waals surface area contributed by atoms with E-state index < -0.39 is 10.0 Å². The minimum Gasteiger partial charge on any atom is -0.395 e. The summed E-state index contributed by atoms with van der Waals surface area (Å²) in [4.78, 5) is 3.86. The average Bonchev–Trinajstić information content (AvgIpc) is 2.48. The predicted octanol–water partition coefficient (Wildman–Crippen LogP) is 0.847. The molecule has 0 unspecified atom stereocenters. The molecule has 0 saturated carbocycles. The van der Waals surface area contributed by atoms with Crippen molar-refractivity contribution < 1.29 is 13.5 Å². The van der Waals surface area contributed by atoms with E-state index in [1.165, 1.54) is 22.6 Å². The van der Waals surface area contributed by atoms with Crippen LogP contribution in [0.3, 0.4) is 0 Å². The van der Waals surface area contributed by atoms with Gasteiger partial charge >= 0.3 is 0 Å². The van der Waals surface area contributed by atoms with Crippen molar-refractivity contribution in [2.75, 3.05) is 18.9 Å². The number of rotatable bonds is 6. The van der Waals surface area contributed by atoms with Crippen LogP contribution in [0.2, 0.25) is 0 Å². The van der Waals surface area contributed by atoms with Gasteiger partial charge in [-0.05, 0) is 11.6 Å². The number of nitrogen functional groups attached to an aromatic ring is 1. The molecule has 0 fully saturated rings. The van der Waals surface area contributed by atoms with E-state index in [4.69, 9.17) is 10.8 Å². The van der Waals surface area contributed by atoms with Gasteiger partial charge in [0.1, 0.15) is 5.82 Å². The zero-order valence-corrected chi connectivity index (χ0v) is 12.2. The van der Waals surface area contributed by atoms with Crippen LogP contribution in [0.15, 0.2) is 53.6 Å². The summed E-state index contributed by atoms with van der Waals surface area (Å²) in [5, 5.41) is 9.14. The van der Waals surface area contributed by atoms with Crippen LogP contribution in [0, 0.1) is 0 Å². The molecule has 1 aromatic carbocycles. The largest absolute Gasteiger partial charge is 0.395 e. The first kappa shape index (κ1) is 15.4. The number of benzene rings is 1. The Morgan fingerprint density at radius 1 is 1.19 bits per heavy atom. The maximum absolute atomic E-state index is 12.6. The lowest BCUT2D eigenvalue weighted by Crippen LogP contribution is -2.33. The third kappa shape index (κ3) is 3.78. The molecule has 0 aliphatic carbocycles. The highest BCUT2D eigenvalue weighted by atomic mass is 32.2. The van der Waals surface area contributed by atoms with E-state index in [0.29, 0.717) is 0 Å². The number of sulfonamides is 1. The lowest BCUT2D eigenvalue weighted by atomic mass is 10.2. The Kier molecular flexibility index (Phi) is 4.89. The number of pyridine rings is 1. The normalized spacial score (nSPS) is 11.7. The molecule has 0 aliphatic rings. The number of anilines is 1. The molecule has 3 N–H and O–H groups in total. The fraction of sp³-hybridized carbons (Fsp3) is 0.214. The smallest absolute Gasteiger partial charge is 0.243 e. The first-order valence-electron chi connectivity index (χ1n) is 6.40. The molecule has 6 nitrogen and oxygen atoms in total. The molecule has 1 heterocycles. The average molecular weight is 307 g/mol. The van der Waals surface area contributed by atoms with Crippen molar-refractivity contribution in [2.45, 2.75) is 11.4 Å². The van der Waals surface area contributed by atoms with Gasteiger partial charge in [-0.25, -0.2) is 13.4 Å². The summed E-state index contributed by atoms with van der Waals surface area (Å²) in [6, 6.07) is 11.9. The number of aromatic nitrogens is 1. The van der Waals surface area contributed by atoms with E-state index >= 15 is 0 Å². The summed E-state index contributed by atoms with van der Waals surface area (Å²) in [7, 11) is -3.73. The van der Waals surface area contributed by atoms with Crippen molar-refractivity contribution in [3.05, 3.63) is 54.2 Å². The second kappa shape index (κ2) is 6.66. The molecule has 0 radical (unpaired) electrons. The van der Waals surface area contributed by atoms with Gasteiger partial charge in [-0.2, -0.15) is 4.31 Å². The van der Waals surface area contributed by atoms with E-state index in [1.54, 1.807) is 0 Å². The van der Waals surface area contributed by atoms with Crippen LogP contribution in [0.25, 0.3) is 0 Å². The van der Waals surface area contributed by atoms with Gasteiger partial charge in [-0.1, -0.05) is 30.3 Å². The lowest BCUT2D eigenvalue weighted by molar-refractivity contribution is 0.251. The van der Waals surface area contributed by atoms with Crippen molar-refractivity contribution in [1.82, 2.24) is 9.29 Å². The molecular formula is C14H17N3O3S. The number of hydrogen-bond donors (Lipinski definition) is 2. The third-order valence-electron chi connectivity index (χ3n) is 2.94. The highest BCUT2D eigenvalue weighted by molar-refractivity contribution is 7.89. The molecular weight excluding hydrogens is 290 g/mol. The third-order valence-corrected chi connectivity index (χ3v) is 4.78. The topological polar surface area (TPSA) is 96.5 Å². The van der Waals surface area contributed by atoms with Gasteiger partial charge < -0.3 is 10.8 Å². The second-order valence-corrected chi connectivity index (χ2v) is 6.40. The van der Waals surface area contributed by atoms with Gasteiger partial charge in [0.2, 0.25) is 10.0 Å². The standard InChI is InChI=1S/C14H17N3O3S/c15-14-10-13(6-7-16-14)21(19,20)17(8-9-18)11-12-4-2-1-3-5-12/h1-7,10,18H,8-9,11H2,(H2,15,16). The molecule has 0 bridgehead atoms. The highest BCUT2D eigenvalue weighted by Crippen LogP contribution is 2.19. The molecule has 2 aromatic rings. The maximum Gasteiger partial charge on any atom is 0.243 e. The van der Waals surface area contributed by atoms with Crippen molar-refractivity contribution in [3.8, 4) is 0 Å². The van der Waals surface area contributed by atoms with Crippen LogP contribution in [0.4, 0.5) is 5.82 Å². The van der Waals surface area contributed by atoms with Crippen molar-refractivity contribution in [1.29, 1.82) is 0 Å². The zero-order valence-electron chi connectivity index (χ0n) is 11.4. The molecule has 2 rings (SSSR count). The number of hydrogen-bond acceptors (Lipinski definition) is 5. The first-order valence-corrected chi connectivity index (χ1v) is 7.84. The molecule has 0 atom stereocenters. The SMILES string of the molecule is Nc1cc(S(=O)(=O)N(CCO)Cc2ccccc2)ccn1. The van der Waals surface area contributed by atoms with Crippen molar-refractivity contribution in [3.63, 3.8) is 0 Å². The highest BCUT2D eigenvalue weighted by Gasteiger charge is 2.24. The predicted molar refractivity (Wildman–Crippen MR) is 79.8 cm³/mol. The molecule has 1 aromatic heterocycles. The Morgan fingerprint density at radius 2 is 1.90 bits per heavy atom. The van der Waals surface area contributed by atoms with Gasteiger partial charge in [0.15, 0.2) is 0 Å². The minimum atomic E-state index is -3.73. The molecule has 112 valence electrons. The summed E-state index contributed by atoms with van der Waals surface area (Å²) >= 11 is 0. The van der Waals surface area contributed by atoms with Crippen LogP contribution < -0.4 is 5.73 Å². The quantitative estimate of drug-likeness (QED) is 0.824. The van der Waals surface area contributed by atoms with Gasteiger partial charge in [0.05, 0.1) is 11.5 Å². The molecule has 0 saturated heterocycles. The summed E-state index contributed by atoms with van der Waals surface area (Å²) in [5.74, 6) is 0.139. The minimum absolute atomic E-state index is 0.0133.